The van der Waals surface area contributed by atoms with Gasteiger partial charge in [-0.05, 0) is 24.3 Å². The van der Waals surface area contributed by atoms with Gasteiger partial charge in [-0.25, -0.2) is 8.42 Å². The quantitative estimate of drug-likeness (QED) is 0.603. The summed E-state index contributed by atoms with van der Waals surface area (Å²) in [6, 6.07) is 8.78. The van der Waals surface area contributed by atoms with Crippen molar-refractivity contribution in [2.45, 2.75) is 12.1 Å². The number of nitrogens with zero attached hydrogens (tertiary/aromatic N) is 4. The van der Waals surface area contributed by atoms with Crippen molar-refractivity contribution in [1.29, 1.82) is 5.26 Å². The molecule has 0 aliphatic carbocycles. The average molecular weight is 504 g/mol. The molecule has 10 nitrogen and oxygen atoms in total. The highest BCUT2D eigenvalue weighted by Gasteiger charge is 2.29. The van der Waals surface area contributed by atoms with Gasteiger partial charge in [-0.3, -0.25) is 14.6 Å². The van der Waals surface area contributed by atoms with Gasteiger partial charge in [0.15, 0.2) is 0 Å². The van der Waals surface area contributed by atoms with Crippen molar-refractivity contribution in [3.8, 4) is 6.07 Å². The molecule has 0 radical (unpaired) electrons. The first-order chi connectivity index (χ1) is 16.2. The number of aromatic nitrogens is 1. The Morgan fingerprint density at radius 2 is 2.18 bits per heavy atom. The predicted molar refractivity (Wildman–Crippen MR) is 129 cm³/mol. The van der Waals surface area contributed by atoms with E-state index in [0.29, 0.717) is 47.8 Å². The molecule has 0 unspecified atom stereocenters. The predicted octanol–water partition coefficient (Wildman–Crippen LogP) is 0.639. The highest BCUT2D eigenvalue weighted by Crippen LogP contribution is 2.26. The summed E-state index contributed by atoms with van der Waals surface area (Å²) in [4.78, 5) is 33.3. The van der Waals surface area contributed by atoms with E-state index >= 15 is 0 Å². The Hall–Kier alpha value is -2.88. The highest BCUT2D eigenvalue weighted by molar-refractivity contribution is 7.99. The lowest BCUT2D eigenvalue weighted by molar-refractivity contribution is -0.129. The van der Waals surface area contributed by atoms with Gasteiger partial charge in [-0.1, -0.05) is 0 Å². The lowest BCUT2D eigenvalue weighted by Gasteiger charge is -2.34. The van der Waals surface area contributed by atoms with Crippen molar-refractivity contribution < 1.29 is 22.7 Å². The number of anilines is 1. The topological polar surface area (TPSA) is 133 Å². The van der Waals surface area contributed by atoms with E-state index in [1.807, 2.05) is 23.1 Å². The molecule has 2 aromatic rings. The molecule has 2 atom stereocenters. The number of benzene rings is 1. The van der Waals surface area contributed by atoms with Crippen LogP contribution in [0.3, 0.4) is 0 Å². The molecule has 1 aromatic carbocycles. The number of amides is 2. The molecular formula is C22H25N5O5S2. The van der Waals surface area contributed by atoms with Gasteiger partial charge in [0, 0.05) is 42.4 Å². The summed E-state index contributed by atoms with van der Waals surface area (Å²) >= 11 is 1.51. The van der Waals surface area contributed by atoms with Crippen molar-refractivity contribution in [3.05, 3.63) is 36.0 Å². The Balaban J connectivity index is 1.50. The van der Waals surface area contributed by atoms with Gasteiger partial charge in [-0.15, -0.1) is 11.8 Å². The SMILES string of the molecule is CS(=O)(=O)C[C@@H]1CN(c2ccc3nccc(C(=O)NCC(=O)N4CSC[C@H]4C#N)c3c2)CCO1. The molecule has 1 aromatic heterocycles. The van der Waals surface area contributed by atoms with E-state index in [1.165, 1.54) is 22.9 Å². The maximum Gasteiger partial charge on any atom is 0.252 e. The molecule has 0 saturated carbocycles. The van der Waals surface area contributed by atoms with Crippen LogP contribution >= 0.6 is 11.8 Å². The van der Waals surface area contributed by atoms with Crippen LogP contribution in [0.4, 0.5) is 5.69 Å². The molecule has 2 amide bonds. The first-order valence-corrected chi connectivity index (χ1v) is 13.9. The fraction of sp³-hybridized carbons (Fsp3) is 0.455. The number of morpholine rings is 1. The van der Waals surface area contributed by atoms with Crippen LogP contribution in [0.15, 0.2) is 30.5 Å². The second-order valence-corrected chi connectivity index (χ2v) is 11.5. The average Bonchev–Trinajstić information content (AvgIpc) is 3.30. The number of fused-ring (bicyclic) bond motifs is 1. The first kappa shape index (κ1) is 24.3. The summed E-state index contributed by atoms with van der Waals surface area (Å²) in [5.74, 6) is 0.251. The van der Waals surface area contributed by atoms with Gasteiger partial charge in [0.05, 0.1) is 48.0 Å². The number of rotatable bonds is 6. The third-order valence-corrected chi connectivity index (χ3v) is 7.70. The van der Waals surface area contributed by atoms with Crippen LogP contribution < -0.4 is 10.2 Å². The molecule has 0 bridgehead atoms. The number of hydrogen-bond acceptors (Lipinski definition) is 9. The summed E-state index contributed by atoms with van der Waals surface area (Å²) in [6.45, 7) is 1.22. The van der Waals surface area contributed by atoms with Gasteiger partial charge < -0.3 is 19.9 Å². The lowest BCUT2D eigenvalue weighted by Crippen LogP contribution is -2.45. The number of carbonyl (C=O) groups is 2. The molecule has 3 heterocycles. The third kappa shape index (κ3) is 5.60. The molecule has 1 N–H and O–H groups in total. The third-order valence-electron chi connectivity index (χ3n) is 5.71. The van der Waals surface area contributed by atoms with Gasteiger partial charge in [0.2, 0.25) is 5.91 Å². The minimum atomic E-state index is -3.17. The zero-order chi connectivity index (χ0) is 24.3. The summed E-state index contributed by atoms with van der Waals surface area (Å²) in [5, 5.41) is 12.5. The lowest BCUT2D eigenvalue weighted by atomic mass is 10.1. The Morgan fingerprint density at radius 1 is 1.35 bits per heavy atom. The van der Waals surface area contributed by atoms with E-state index < -0.39 is 27.9 Å². The summed E-state index contributed by atoms with van der Waals surface area (Å²) in [5.41, 5.74) is 1.84. The van der Waals surface area contributed by atoms with Crippen molar-refractivity contribution in [3.63, 3.8) is 0 Å². The smallest absolute Gasteiger partial charge is 0.252 e. The Morgan fingerprint density at radius 3 is 2.94 bits per heavy atom. The maximum absolute atomic E-state index is 12.9. The molecule has 0 spiro atoms. The largest absolute Gasteiger partial charge is 0.373 e. The van der Waals surface area contributed by atoms with Crippen LogP contribution in [-0.2, 0) is 19.4 Å². The van der Waals surface area contributed by atoms with Gasteiger partial charge >= 0.3 is 0 Å². The Kier molecular flexibility index (Phi) is 7.25. The number of thioether (sulfide) groups is 1. The minimum Gasteiger partial charge on any atom is -0.373 e. The number of carbonyl (C=O) groups excluding carboxylic acids is 2. The second kappa shape index (κ2) is 10.2. The normalized spacial score (nSPS) is 20.8. The molecule has 2 aliphatic rings. The zero-order valence-corrected chi connectivity index (χ0v) is 20.3. The fourth-order valence-corrected chi connectivity index (χ4v) is 6.05. The number of pyridine rings is 1. The Bertz CT molecular complexity index is 1250. The molecule has 34 heavy (non-hydrogen) atoms. The zero-order valence-electron chi connectivity index (χ0n) is 18.6. The molecule has 2 aliphatic heterocycles. The number of nitrogens with one attached hydrogen (secondary N) is 1. The summed E-state index contributed by atoms with van der Waals surface area (Å²) in [6.07, 6.45) is 2.30. The van der Waals surface area contributed by atoms with E-state index in [4.69, 9.17) is 4.74 Å². The highest BCUT2D eigenvalue weighted by atomic mass is 32.2. The van der Waals surface area contributed by atoms with Gasteiger partial charge in [0.1, 0.15) is 15.9 Å². The minimum absolute atomic E-state index is 0.0531. The molecule has 2 saturated heterocycles. The van der Waals surface area contributed by atoms with E-state index in [2.05, 4.69) is 16.4 Å². The first-order valence-electron chi connectivity index (χ1n) is 10.7. The maximum atomic E-state index is 12.9. The van der Waals surface area contributed by atoms with Crippen LogP contribution in [0.2, 0.25) is 0 Å². The van der Waals surface area contributed by atoms with Crippen molar-refractivity contribution in [2.75, 3.05) is 54.8 Å². The summed E-state index contributed by atoms with van der Waals surface area (Å²) < 4.78 is 29.0. The molecule has 4 rings (SSSR count). The molecule has 12 heteroatoms. The van der Waals surface area contributed by atoms with Crippen LogP contribution in [-0.4, -0.2) is 92.1 Å². The second-order valence-electron chi connectivity index (χ2n) is 8.28. The van der Waals surface area contributed by atoms with Crippen LogP contribution in [0.1, 0.15) is 10.4 Å². The van der Waals surface area contributed by atoms with E-state index in [0.717, 1.165) is 5.69 Å². The van der Waals surface area contributed by atoms with E-state index in [1.54, 1.807) is 12.3 Å². The van der Waals surface area contributed by atoms with Crippen LogP contribution in [0, 0.1) is 11.3 Å². The monoisotopic (exact) mass is 503 g/mol. The standard InChI is InChI=1S/C22H25N5O5S2/c1-34(30,31)13-17-11-26(6-7-32-17)15-2-3-20-19(8-15)18(4-5-24-20)22(29)25-10-21(28)27-14-33-12-16(27)9-23/h2-5,8,16-17H,6-7,10-14H2,1H3,(H,25,29)/t16-,17+/m1/s1. The molecule has 2 fully saturated rings. The van der Waals surface area contributed by atoms with E-state index in [-0.39, 0.29) is 18.2 Å². The Labute approximate surface area is 202 Å². The number of sulfone groups is 1. The van der Waals surface area contributed by atoms with Crippen molar-refractivity contribution in [1.82, 2.24) is 15.2 Å². The molecular weight excluding hydrogens is 478 g/mol. The summed E-state index contributed by atoms with van der Waals surface area (Å²) in [7, 11) is -3.17. The fourth-order valence-electron chi connectivity index (χ4n) is 4.07. The van der Waals surface area contributed by atoms with Crippen LogP contribution in [0.5, 0.6) is 0 Å². The van der Waals surface area contributed by atoms with Crippen molar-refractivity contribution in [2.24, 2.45) is 0 Å². The number of nitriles is 1. The van der Waals surface area contributed by atoms with Crippen molar-refractivity contribution >= 4 is 50.0 Å². The van der Waals surface area contributed by atoms with Gasteiger partial charge in [0.25, 0.3) is 5.91 Å². The molecule has 180 valence electrons. The van der Waals surface area contributed by atoms with Gasteiger partial charge in [-0.2, -0.15) is 5.26 Å². The van der Waals surface area contributed by atoms with E-state index in [9.17, 15) is 23.3 Å². The number of hydrogen-bond donors (Lipinski definition) is 1. The van der Waals surface area contributed by atoms with Crippen LogP contribution in [0.25, 0.3) is 10.9 Å². The number of ether oxygens (including phenoxy) is 1.